The molecule has 2 aromatic carbocycles. The molecule has 8 heteroatoms. The first-order valence-corrected chi connectivity index (χ1v) is 12.3. The normalized spacial score (nSPS) is 11.7. The van der Waals surface area contributed by atoms with Crippen LogP contribution in [0.2, 0.25) is 0 Å². The predicted molar refractivity (Wildman–Crippen MR) is 141 cm³/mol. The third-order valence-electron chi connectivity index (χ3n) is 5.34. The number of rotatable bonds is 7. The molecule has 0 saturated heterocycles. The SMILES string of the molecule is Cc1ccc(-n2c(SCC(=O)NN=Cc3ccccn3)nnc2-c2ccc(C(C)(C)C)cc2)cc1. The number of carbonyl (C=O) groups excluding carboxylic acids is 1. The Hall–Kier alpha value is -3.78. The number of nitrogens with zero attached hydrogens (tertiary/aromatic N) is 5. The van der Waals surface area contributed by atoms with Gasteiger partial charge in [0.25, 0.3) is 5.91 Å². The van der Waals surface area contributed by atoms with Crippen molar-refractivity contribution in [3.8, 4) is 17.1 Å². The van der Waals surface area contributed by atoms with E-state index in [1.54, 1.807) is 6.20 Å². The summed E-state index contributed by atoms with van der Waals surface area (Å²) in [5.41, 5.74) is 7.58. The van der Waals surface area contributed by atoms with Gasteiger partial charge in [-0.05, 0) is 42.2 Å². The molecule has 2 heterocycles. The van der Waals surface area contributed by atoms with Gasteiger partial charge in [-0.2, -0.15) is 5.10 Å². The number of aryl methyl sites for hydroxylation is 1. The van der Waals surface area contributed by atoms with Crippen molar-refractivity contribution in [3.05, 3.63) is 89.7 Å². The van der Waals surface area contributed by atoms with Crippen LogP contribution in [0.1, 0.15) is 37.6 Å². The average Bonchev–Trinajstić information content (AvgIpc) is 3.27. The van der Waals surface area contributed by atoms with Crippen molar-refractivity contribution in [3.63, 3.8) is 0 Å². The highest BCUT2D eigenvalue weighted by Gasteiger charge is 2.19. The second-order valence-electron chi connectivity index (χ2n) is 9.14. The average molecular weight is 485 g/mol. The summed E-state index contributed by atoms with van der Waals surface area (Å²) in [6, 6.07) is 22.1. The number of nitrogens with one attached hydrogen (secondary N) is 1. The molecule has 4 rings (SSSR count). The highest BCUT2D eigenvalue weighted by molar-refractivity contribution is 7.99. The minimum atomic E-state index is -0.239. The molecule has 0 fully saturated rings. The van der Waals surface area contributed by atoms with Gasteiger partial charge in [0.15, 0.2) is 11.0 Å². The summed E-state index contributed by atoms with van der Waals surface area (Å²) in [5.74, 6) is 0.633. The Labute approximate surface area is 209 Å². The Balaban J connectivity index is 1.55. The number of pyridine rings is 1. The van der Waals surface area contributed by atoms with Crippen LogP contribution >= 0.6 is 11.8 Å². The van der Waals surface area contributed by atoms with Crippen LogP contribution in [0, 0.1) is 6.92 Å². The van der Waals surface area contributed by atoms with E-state index >= 15 is 0 Å². The molecule has 1 amide bonds. The number of amides is 1. The second kappa shape index (κ2) is 10.7. The molecular weight excluding hydrogens is 456 g/mol. The fourth-order valence-electron chi connectivity index (χ4n) is 3.38. The molecule has 0 radical (unpaired) electrons. The van der Waals surface area contributed by atoms with Crippen molar-refractivity contribution in [2.45, 2.75) is 38.3 Å². The van der Waals surface area contributed by atoms with Gasteiger partial charge < -0.3 is 0 Å². The van der Waals surface area contributed by atoms with Crippen molar-refractivity contribution in [2.75, 3.05) is 5.75 Å². The molecule has 0 saturated carbocycles. The summed E-state index contributed by atoms with van der Waals surface area (Å²) >= 11 is 1.31. The number of aromatic nitrogens is 4. The first-order valence-electron chi connectivity index (χ1n) is 11.3. The predicted octanol–water partition coefficient (Wildman–Crippen LogP) is 5.18. The minimum Gasteiger partial charge on any atom is -0.272 e. The van der Waals surface area contributed by atoms with E-state index in [9.17, 15) is 4.79 Å². The van der Waals surface area contributed by atoms with Crippen LogP contribution in [0.5, 0.6) is 0 Å². The second-order valence-corrected chi connectivity index (χ2v) is 10.1. The Morgan fingerprint density at radius 2 is 1.77 bits per heavy atom. The molecule has 2 aromatic heterocycles. The van der Waals surface area contributed by atoms with Gasteiger partial charge in [-0.3, -0.25) is 14.3 Å². The minimum absolute atomic E-state index is 0.0661. The van der Waals surface area contributed by atoms with Crippen LogP contribution in [0.3, 0.4) is 0 Å². The molecule has 7 nitrogen and oxygen atoms in total. The van der Waals surface area contributed by atoms with Gasteiger partial charge in [0.2, 0.25) is 0 Å². The van der Waals surface area contributed by atoms with Gasteiger partial charge in [0.05, 0.1) is 17.7 Å². The number of thioether (sulfide) groups is 1. The molecule has 0 aliphatic heterocycles. The maximum atomic E-state index is 12.4. The Kier molecular flexibility index (Phi) is 7.41. The lowest BCUT2D eigenvalue weighted by Gasteiger charge is -2.19. The third kappa shape index (κ3) is 6.22. The largest absolute Gasteiger partial charge is 0.272 e. The van der Waals surface area contributed by atoms with Crippen LogP contribution in [-0.4, -0.2) is 37.6 Å². The van der Waals surface area contributed by atoms with E-state index in [0.717, 1.165) is 22.6 Å². The molecule has 0 unspecified atom stereocenters. The van der Waals surface area contributed by atoms with Crippen LogP contribution < -0.4 is 5.43 Å². The fourth-order valence-corrected chi connectivity index (χ4v) is 4.13. The lowest BCUT2D eigenvalue weighted by molar-refractivity contribution is -0.118. The molecule has 35 heavy (non-hydrogen) atoms. The maximum Gasteiger partial charge on any atom is 0.250 e. The topological polar surface area (TPSA) is 85.1 Å². The zero-order valence-electron chi connectivity index (χ0n) is 20.3. The van der Waals surface area contributed by atoms with E-state index < -0.39 is 0 Å². The molecule has 4 aromatic rings. The summed E-state index contributed by atoms with van der Waals surface area (Å²) in [6.07, 6.45) is 3.18. The molecule has 0 aliphatic carbocycles. The van der Waals surface area contributed by atoms with E-state index in [0.29, 0.717) is 10.9 Å². The van der Waals surface area contributed by atoms with Crippen molar-refractivity contribution < 1.29 is 4.79 Å². The monoisotopic (exact) mass is 484 g/mol. The molecule has 178 valence electrons. The first-order chi connectivity index (χ1) is 16.8. The molecule has 0 atom stereocenters. The highest BCUT2D eigenvalue weighted by atomic mass is 32.2. The van der Waals surface area contributed by atoms with Gasteiger partial charge in [0.1, 0.15) is 0 Å². The Morgan fingerprint density at radius 1 is 1.03 bits per heavy atom. The summed E-state index contributed by atoms with van der Waals surface area (Å²) in [6.45, 7) is 8.62. The van der Waals surface area contributed by atoms with Crippen molar-refractivity contribution >= 4 is 23.9 Å². The Morgan fingerprint density at radius 3 is 2.43 bits per heavy atom. The zero-order valence-corrected chi connectivity index (χ0v) is 21.1. The first kappa shape index (κ1) is 24.3. The quantitative estimate of drug-likeness (QED) is 0.222. The molecule has 0 aliphatic rings. The van der Waals surface area contributed by atoms with E-state index in [-0.39, 0.29) is 17.1 Å². The fraction of sp³-hybridized carbons (Fsp3) is 0.222. The van der Waals surface area contributed by atoms with Gasteiger partial charge in [0, 0.05) is 17.4 Å². The van der Waals surface area contributed by atoms with Gasteiger partial charge in [-0.25, -0.2) is 5.43 Å². The Bertz CT molecular complexity index is 1310. The van der Waals surface area contributed by atoms with Gasteiger partial charge >= 0.3 is 0 Å². The smallest absolute Gasteiger partial charge is 0.250 e. The van der Waals surface area contributed by atoms with Crippen molar-refractivity contribution in [1.29, 1.82) is 0 Å². The lowest BCUT2D eigenvalue weighted by Crippen LogP contribution is -2.20. The summed E-state index contributed by atoms with van der Waals surface area (Å²) < 4.78 is 1.99. The molecule has 1 N–H and O–H groups in total. The summed E-state index contributed by atoms with van der Waals surface area (Å²) in [5, 5.41) is 13.5. The number of carbonyl (C=O) groups is 1. The summed E-state index contributed by atoms with van der Waals surface area (Å²) in [7, 11) is 0. The summed E-state index contributed by atoms with van der Waals surface area (Å²) in [4.78, 5) is 16.5. The van der Waals surface area contributed by atoms with Crippen LogP contribution in [0.15, 0.2) is 83.2 Å². The highest BCUT2D eigenvalue weighted by Crippen LogP contribution is 2.30. The number of benzene rings is 2. The van der Waals surface area contributed by atoms with Crippen LogP contribution in [-0.2, 0) is 10.2 Å². The zero-order chi connectivity index (χ0) is 24.8. The van der Waals surface area contributed by atoms with E-state index in [2.05, 4.69) is 82.9 Å². The number of hydrazone groups is 1. The molecular formula is C27H28N6OS. The van der Waals surface area contributed by atoms with Crippen molar-refractivity contribution in [1.82, 2.24) is 25.2 Å². The van der Waals surface area contributed by atoms with Crippen LogP contribution in [0.25, 0.3) is 17.1 Å². The van der Waals surface area contributed by atoms with Gasteiger partial charge in [-0.15, -0.1) is 10.2 Å². The number of hydrogen-bond donors (Lipinski definition) is 1. The standard InChI is InChI=1S/C27H28N6OS/c1-19-8-14-23(15-9-19)33-25(20-10-12-21(13-11-20)27(2,3)4)31-32-26(33)35-18-24(34)30-29-17-22-7-5-6-16-28-22/h5-17H,18H2,1-4H3,(H,30,34). The molecule has 0 bridgehead atoms. The maximum absolute atomic E-state index is 12.4. The van der Waals surface area contributed by atoms with E-state index in [1.165, 1.54) is 23.5 Å². The third-order valence-corrected chi connectivity index (χ3v) is 6.27. The van der Waals surface area contributed by atoms with E-state index in [1.807, 2.05) is 41.8 Å². The van der Waals surface area contributed by atoms with Crippen molar-refractivity contribution in [2.24, 2.45) is 5.10 Å². The lowest BCUT2D eigenvalue weighted by atomic mass is 9.87. The van der Waals surface area contributed by atoms with Gasteiger partial charge in [-0.1, -0.05) is 80.6 Å². The van der Waals surface area contributed by atoms with Crippen LogP contribution in [0.4, 0.5) is 0 Å². The van der Waals surface area contributed by atoms with E-state index in [4.69, 9.17) is 0 Å². The molecule has 0 spiro atoms. The number of hydrogen-bond acceptors (Lipinski definition) is 6.